The quantitative estimate of drug-likeness (QED) is 0.287. The van der Waals surface area contributed by atoms with Crippen LogP contribution in [-0.4, -0.2) is 56.9 Å². The lowest BCUT2D eigenvalue weighted by atomic mass is 9.82. The number of rotatable bonds is 3. The minimum absolute atomic E-state index is 0.0460. The van der Waals surface area contributed by atoms with E-state index in [1.54, 1.807) is 24.3 Å². The van der Waals surface area contributed by atoms with E-state index >= 15 is 0 Å². The summed E-state index contributed by atoms with van der Waals surface area (Å²) in [5, 5.41) is 42.7. The maximum Gasteiger partial charge on any atom is 0.331 e. The van der Waals surface area contributed by atoms with Gasteiger partial charge in [0.1, 0.15) is 6.10 Å². The minimum Gasteiger partial charge on any atom is -0.458 e. The van der Waals surface area contributed by atoms with Crippen molar-refractivity contribution in [1.82, 2.24) is 0 Å². The number of carbonyl (C=O) groups excluding carboxylic acids is 1. The van der Waals surface area contributed by atoms with Crippen molar-refractivity contribution in [3.05, 3.63) is 48.6 Å². The van der Waals surface area contributed by atoms with Gasteiger partial charge in [0.15, 0.2) is 0 Å². The van der Waals surface area contributed by atoms with Gasteiger partial charge < -0.3 is 25.2 Å². The number of hydrogen-bond donors (Lipinski definition) is 4. The predicted molar refractivity (Wildman–Crippen MR) is 154 cm³/mol. The molecule has 11 atom stereocenters. The standard InChI is InChI=1S/C32H54O6/c1-8-9-12-24(5)32-26(7)28(34)18-15-21(2)19-25(6)31(37)23(4)16-17-27(33)20-29(35)22(3)13-10-11-14-30(36)38-32/h9-14,16-17,21-29,31-35,37H,8,15,18-20H2,1-7H3/b12-9-,13-10+,14-11-,17-16-/t21-,22+,23-,24-,25-,26-,27+,28+,29-,31-,32-/m0/s1. The first-order valence-corrected chi connectivity index (χ1v) is 14.5. The van der Waals surface area contributed by atoms with Gasteiger partial charge in [-0.15, -0.1) is 0 Å². The molecule has 218 valence electrons. The van der Waals surface area contributed by atoms with Crippen LogP contribution < -0.4 is 0 Å². The fraction of sp³-hybridized carbons (Fsp3) is 0.719. The molecule has 0 fully saturated rings. The van der Waals surface area contributed by atoms with E-state index in [1.165, 1.54) is 6.08 Å². The smallest absolute Gasteiger partial charge is 0.331 e. The Morgan fingerprint density at radius 2 is 1.61 bits per heavy atom. The average Bonchev–Trinajstić information content (AvgIpc) is 2.88. The molecule has 1 aliphatic heterocycles. The van der Waals surface area contributed by atoms with Crippen LogP contribution in [0.25, 0.3) is 0 Å². The Morgan fingerprint density at radius 1 is 0.921 bits per heavy atom. The second kappa shape index (κ2) is 17.8. The van der Waals surface area contributed by atoms with Gasteiger partial charge in [0.05, 0.1) is 24.4 Å². The van der Waals surface area contributed by atoms with Crippen LogP contribution in [0, 0.1) is 35.5 Å². The second-order valence-corrected chi connectivity index (χ2v) is 11.6. The molecule has 0 unspecified atom stereocenters. The van der Waals surface area contributed by atoms with Crippen LogP contribution in [0.5, 0.6) is 0 Å². The van der Waals surface area contributed by atoms with Crippen molar-refractivity contribution in [3.8, 4) is 0 Å². The maximum atomic E-state index is 12.6. The Bertz CT molecular complexity index is 787. The van der Waals surface area contributed by atoms with Gasteiger partial charge >= 0.3 is 5.97 Å². The highest BCUT2D eigenvalue weighted by Crippen LogP contribution is 2.28. The summed E-state index contributed by atoms with van der Waals surface area (Å²) in [6, 6.07) is 0. The molecule has 0 amide bonds. The molecule has 0 bridgehead atoms. The summed E-state index contributed by atoms with van der Waals surface area (Å²) in [5.41, 5.74) is 0. The first kappa shape index (κ1) is 34.3. The molecule has 38 heavy (non-hydrogen) atoms. The number of ether oxygens (including phenoxy) is 1. The fourth-order valence-electron chi connectivity index (χ4n) is 5.13. The van der Waals surface area contributed by atoms with Crippen molar-refractivity contribution in [3.63, 3.8) is 0 Å². The summed E-state index contributed by atoms with van der Waals surface area (Å²) in [6.45, 7) is 13.9. The Balaban J connectivity index is 3.16. The summed E-state index contributed by atoms with van der Waals surface area (Å²) in [6.07, 6.45) is 14.0. The van der Waals surface area contributed by atoms with E-state index in [0.717, 1.165) is 19.3 Å². The molecule has 0 radical (unpaired) electrons. The number of esters is 1. The molecule has 6 heteroatoms. The number of cyclic esters (lactones) is 1. The van der Waals surface area contributed by atoms with E-state index in [0.29, 0.717) is 12.3 Å². The van der Waals surface area contributed by atoms with Crippen molar-refractivity contribution >= 4 is 5.97 Å². The van der Waals surface area contributed by atoms with Gasteiger partial charge in [-0.05, 0) is 37.5 Å². The van der Waals surface area contributed by atoms with Crippen molar-refractivity contribution < 1.29 is 30.0 Å². The Labute approximate surface area is 231 Å². The largest absolute Gasteiger partial charge is 0.458 e. The highest BCUT2D eigenvalue weighted by Gasteiger charge is 2.31. The lowest BCUT2D eigenvalue weighted by Gasteiger charge is -2.31. The van der Waals surface area contributed by atoms with Crippen LogP contribution >= 0.6 is 0 Å². The molecule has 1 heterocycles. The number of aliphatic hydroxyl groups excluding tert-OH is 4. The molecule has 4 N–H and O–H groups in total. The topological polar surface area (TPSA) is 107 Å². The monoisotopic (exact) mass is 534 g/mol. The van der Waals surface area contributed by atoms with Crippen LogP contribution in [0.3, 0.4) is 0 Å². The molecule has 1 aliphatic rings. The molecular weight excluding hydrogens is 480 g/mol. The van der Waals surface area contributed by atoms with Crippen LogP contribution in [0.2, 0.25) is 0 Å². The van der Waals surface area contributed by atoms with Crippen LogP contribution in [-0.2, 0) is 9.53 Å². The Hall–Kier alpha value is -1.73. The van der Waals surface area contributed by atoms with E-state index in [-0.39, 0.29) is 36.0 Å². The zero-order chi connectivity index (χ0) is 28.8. The average molecular weight is 535 g/mol. The summed E-state index contributed by atoms with van der Waals surface area (Å²) in [7, 11) is 0. The first-order chi connectivity index (χ1) is 17.9. The predicted octanol–water partition coefficient (Wildman–Crippen LogP) is 5.37. The SMILES string of the molecule is CC/C=C\[C@H](C)[C@@H]1OC(=O)/C=C\C=C\[C@@H](C)[C@@H](O)C[C@H](O)/C=C\[C@H](C)[C@H](O)[C@@H](C)C[C@@H](C)CC[C@@H](O)[C@@H]1C. The third-order valence-corrected chi connectivity index (χ3v) is 7.91. The Morgan fingerprint density at radius 3 is 2.26 bits per heavy atom. The third-order valence-electron chi connectivity index (χ3n) is 7.91. The van der Waals surface area contributed by atoms with Crippen molar-refractivity contribution in [2.24, 2.45) is 35.5 Å². The molecule has 0 aromatic carbocycles. The molecule has 6 nitrogen and oxygen atoms in total. The van der Waals surface area contributed by atoms with Gasteiger partial charge in [-0.2, -0.15) is 0 Å². The summed E-state index contributed by atoms with van der Waals surface area (Å²) < 4.78 is 5.84. The van der Waals surface area contributed by atoms with Gasteiger partial charge in [-0.25, -0.2) is 4.79 Å². The van der Waals surface area contributed by atoms with Crippen LogP contribution in [0.1, 0.15) is 80.6 Å². The zero-order valence-electron chi connectivity index (χ0n) is 24.6. The summed E-state index contributed by atoms with van der Waals surface area (Å²) in [4.78, 5) is 12.6. The Kier molecular flexibility index (Phi) is 16.0. The van der Waals surface area contributed by atoms with E-state index < -0.39 is 36.5 Å². The van der Waals surface area contributed by atoms with Crippen molar-refractivity contribution in [1.29, 1.82) is 0 Å². The van der Waals surface area contributed by atoms with E-state index in [1.807, 2.05) is 52.8 Å². The molecule has 0 saturated heterocycles. The third kappa shape index (κ3) is 12.4. The fourth-order valence-corrected chi connectivity index (χ4v) is 5.13. The molecule has 1 rings (SSSR count). The van der Waals surface area contributed by atoms with E-state index in [2.05, 4.69) is 13.8 Å². The highest BCUT2D eigenvalue weighted by molar-refractivity contribution is 5.82. The van der Waals surface area contributed by atoms with Gasteiger partial charge in [-0.3, -0.25) is 0 Å². The van der Waals surface area contributed by atoms with E-state index in [4.69, 9.17) is 4.74 Å². The minimum atomic E-state index is -0.822. The van der Waals surface area contributed by atoms with Crippen LogP contribution in [0.15, 0.2) is 48.6 Å². The van der Waals surface area contributed by atoms with Crippen molar-refractivity contribution in [2.45, 2.75) is 111 Å². The second-order valence-electron chi connectivity index (χ2n) is 11.6. The lowest BCUT2D eigenvalue weighted by molar-refractivity contribution is -0.150. The number of allylic oxidation sites excluding steroid dienone is 3. The number of hydrogen-bond acceptors (Lipinski definition) is 6. The molecular formula is C32H54O6. The van der Waals surface area contributed by atoms with Gasteiger partial charge in [0.25, 0.3) is 0 Å². The van der Waals surface area contributed by atoms with Gasteiger partial charge in [0, 0.05) is 36.2 Å². The highest BCUT2D eigenvalue weighted by atomic mass is 16.5. The van der Waals surface area contributed by atoms with E-state index in [9.17, 15) is 25.2 Å². The lowest BCUT2D eigenvalue weighted by Crippen LogP contribution is -2.37. The number of carbonyl (C=O) groups is 1. The molecule has 0 aliphatic carbocycles. The summed E-state index contributed by atoms with van der Waals surface area (Å²) >= 11 is 0. The molecule has 0 aromatic rings. The first-order valence-electron chi connectivity index (χ1n) is 14.5. The summed E-state index contributed by atoms with van der Waals surface area (Å²) in [5.74, 6) is -0.806. The zero-order valence-corrected chi connectivity index (χ0v) is 24.6. The van der Waals surface area contributed by atoms with Crippen LogP contribution in [0.4, 0.5) is 0 Å². The van der Waals surface area contributed by atoms with Gasteiger partial charge in [-0.1, -0.05) is 91.0 Å². The maximum absolute atomic E-state index is 12.6. The van der Waals surface area contributed by atoms with Crippen molar-refractivity contribution in [2.75, 3.05) is 0 Å². The number of aliphatic hydroxyl groups is 4. The van der Waals surface area contributed by atoms with Gasteiger partial charge in [0.2, 0.25) is 0 Å². The molecule has 0 spiro atoms. The molecule has 0 saturated carbocycles. The normalized spacial score (nSPS) is 40.9. The molecule has 0 aromatic heterocycles.